The summed E-state index contributed by atoms with van der Waals surface area (Å²) in [5.74, 6) is 2.23. The molecular weight excluding hydrogens is 773 g/mol. The Morgan fingerprint density at radius 1 is 0.452 bits per heavy atom. The molecule has 0 bridgehead atoms. The third-order valence-electron chi connectivity index (χ3n) is 12.1. The highest BCUT2D eigenvalue weighted by molar-refractivity contribution is 7.26. The summed E-state index contributed by atoms with van der Waals surface area (Å²) in [4.78, 5) is 15.2. The summed E-state index contributed by atoms with van der Waals surface area (Å²) in [5, 5.41) is 5.06. The number of rotatable bonds is 7. The molecule has 0 amide bonds. The van der Waals surface area contributed by atoms with E-state index in [9.17, 15) is 0 Å². The summed E-state index contributed by atoms with van der Waals surface area (Å²) < 4.78 is 5.03. The van der Waals surface area contributed by atoms with Crippen LogP contribution in [0, 0.1) is 0 Å². The van der Waals surface area contributed by atoms with E-state index in [0.29, 0.717) is 11.6 Å². The molecule has 0 saturated carbocycles. The fraction of sp³-hybridized carbons (Fsp3) is 0.0351. The maximum Gasteiger partial charge on any atom is 0.163 e. The molecule has 3 heterocycles. The normalized spacial score (nSPS) is 13.8. The Balaban J connectivity index is 1.11. The van der Waals surface area contributed by atoms with Crippen molar-refractivity contribution in [2.75, 3.05) is 0 Å². The first-order chi connectivity index (χ1) is 30.7. The summed E-state index contributed by atoms with van der Waals surface area (Å²) in [6.07, 6.45) is 9.39. The van der Waals surface area contributed by atoms with Gasteiger partial charge in [0.15, 0.2) is 11.6 Å². The van der Waals surface area contributed by atoms with E-state index in [1.54, 1.807) is 0 Å². The first-order valence-electron chi connectivity index (χ1n) is 21.1. The Kier molecular flexibility index (Phi) is 8.79. The van der Waals surface area contributed by atoms with Gasteiger partial charge in [0.2, 0.25) is 0 Å². The number of hydrogen-bond donors (Lipinski definition) is 0. The zero-order chi connectivity index (χ0) is 41.0. The molecule has 8 aromatic carbocycles. The number of fused-ring (bicyclic) bond motifs is 7. The number of aromatic nitrogens is 4. The quantitative estimate of drug-likeness (QED) is 0.161. The van der Waals surface area contributed by atoms with Crippen LogP contribution in [0.5, 0.6) is 0 Å². The van der Waals surface area contributed by atoms with Crippen molar-refractivity contribution in [3.63, 3.8) is 0 Å². The molecule has 5 heteroatoms. The van der Waals surface area contributed by atoms with Gasteiger partial charge in [0.05, 0.1) is 11.0 Å². The van der Waals surface area contributed by atoms with Crippen molar-refractivity contribution < 1.29 is 0 Å². The van der Waals surface area contributed by atoms with Crippen LogP contribution in [0.3, 0.4) is 0 Å². The van der Waals surface area contributed by atoms with E-state index < -0.39 is 0 Å². The van der Waals surface area contributed by atoms with Crippen molar-refractivity contribution >= 4 is 53.3 Å². The van der Waals surface area contributed by atoms with E-state index in [2.05, 4.69) is 199 Å². The Bertz CT molecular complexity index is 3510. The minimum absolute atomic E-state index is 0.0921. The average molecular weight is 811 g/mol. The van der Waals surface area contributed by atoms with Crippen LogP contribution in [0.1, 0.15) is 18.2 Å². The first kappa shape index (κ1) is 36.1. The average Bonchev–Trinajstić information content (AvgIpc) is 3.90. The molecule has 1 atom stereocenters. The van der Waals surface area contributed by atoms with Gasteiger partial charge in [-0.15, -0.1) is 11.3 Å². The Morgan fingerprint density at radius 3 is 1.65 bits per heavy atom. The molecule has 0 saturated heterocycles. The maximum absolute atomic E-state index is 5.10. The lowest BCUT2D eigenvalue weighted by molar-refractivity contribution is 0.764. The van der Waals surface area contributed by atoms with E-state index in [1.165, 1.54) is 69.8 Å². The fourth-order valence-electron chi connectivity index (χ4n) is 9.11. The third-order valence-corrected chi connectivity index (χ3v) is 13.4. The van der Waals surface area contributed by atoms with Crippen LogP contribution < -0.4 is 0 Å². The minimum atomic E-state index is 0.0921. The summed E-state index contributed by atoms with van der Waals surface area (Å²) in [7, 11) is 0. The van der Waals surface area contributed by atoms with E-state index in [4.69, 9.17) is 15.0 Å². The number of allylic oxidation sites excluding steroid dienone is 4. The molecule has 292 valence electrons. The molecule has 0 N–H and O–H groups in total. The van der Waals surface area contributed by atoms with Gasteiger partial charge in [-0.1, -0.05) is 158 Å². The van der Waals surface area contributed by atoms with Gasteiger partial charge in [-0.05, 0) is 88.8 Å². The first-order valence-corrected chi connectivity index (χ1v) is 21.9. The zero-order valence-electron chi connectivity index (χ0n) is 33.7. The van der Waals surface area contributed by atoms with Crippen LogP contribution in [0.2, 0.25) is 0 Å². The standard InChI is InChI=1S/C57H38N4S/c1-6-16-37(17-7-1)43-28-32-49-47(34-43)52-50(36-46(39-20-10-3-11-21-39)54-53(52)48-35-44(29-33-51(48)62-54)38-18-8-2-9-19-38)61(49)45-30-26-42(27-31-45)57-59-55(40-22-12-4-13-23-40)58-56(60-57)41-24-14-5-15-25-41/h1-24,26-36,41H,25H2. The predicted molar refractivity (Wildman–Crippen MR) is 260 cm³/mol. The van der Waals surface area contributed by atoms with Gasteiger partial charge < -0.3 is 4.57 Å². The van der Waals surface area contributed by atoms with Gasteiger partial charge in [-0.3, -0.25) is 0 Å². The summed E-state index contributed by atoms with van der Waals surface area (Å²) in [5.41, 5.74) is 12.6. The highest BCUT2D eigenvalue weighted by Crippen LogP contribution is 2.49. The minimum Gasteiger partial charge on any atom is -0.309 e. The van der Waals surface area contributed by atoms with Crippen molar-refractivity contribution in [3.05, 3.63) is 218 Å². The predicted octanol–water partition coefficient (Wildman–Crippen LogP) is 15.3. The van der Waals surface area contributed by atoms with E-state index in [1.807, 2.05) is 29.5 Å². The van der Waals surface area contributed by atoms with E-state index >= 15 is 0 Å². The van der Waals surface area contributed by atoms with Crippen molar-refractivity contribution in [1.82, 2.24) is 19.5 Å². The molecule has 4 nitrogen and oxygen atoms in total. The molecular formula is C57H38N4S. The number of hydrogen-bond acceptors (Lipinski definition) is 4. The Hall–Kier alpha value is -7.73. The number of thiophene rings is 1. The van der Waals surface area contributed by atoms with Gasteiger partial charge in [-0.25, -0.2) is 15.0 Å². The van der Waals surface area contributed by atoms with Gasteiger partial charge >= 0.3 is 0 Å². The van der Waals surface area contributed by atoms with Crippen LogP contribution in [0.15, 0.2) is 212 Å². The monoisotopic (exact) mass is 810 g/mol. The smallest absolute Gasteiger partial charge is 0.163 e. The van der Waals surface area contributed by atoms with Crippen molar-refractivity contribution in [2.24, 2.45) is 0 Å². The highest BCUT2D eigenvalue weighted by Gasteiger charge is 2.23. The Labute approximate surface area is 363 Å². The van der Waals surface area contributed by atoms with Crippen molar-refractivity contribution in [3.8, 4) is 61.8 Å². The molecule has 0 spiro atoms. The van der Waals surface area contributed by atoms with Gasteiger partial charge in [-0.2, -0.15) is 0 Å². The fourth-order valence-corrected chi connectivity index (χ4v) is 10.3. The molecule has 12 rings (SSSR count). The van der Waals surface area contributed by atoms with Gasteiger partial charge in [0.25, 0.3) is 0 Å². The zero-order valence-corrected chi connectivity index (χ0v) is 34.5. The molecule has 11 aromatic rings. The second-order valence-corrected chi connectivity index (χ2v) is 17.0. The summed E-state index contributed by atoms with van der Waals surface area (Å²) in [6.45, 7) is 0. The molecule has 1 unspecified atom stereocenters. The van der Waals surface area contributed by atoms with Crippen LogP contribution in [0.25, 0.3) is 104 Å². The second kappa shape index (κ2) is 15.1. The van der Waals surface area contributed by atoms with Gasteiger partial charge in [0.1, 0.15) is 5.82 Å². The van der Waals surface area contributed by atoms with Crippen LogP contribution in [0.4, 0.5) is 0 Å². The lowest BCUT2D eigenvalue weighted by Gasteiger charge is -2.15. The lowest BCUT2D eigenvalue weighted by Crippen LogP contribution is -2.07. The number of benzene rings is 8. The largest absolute Gasteiger partial charge is 0.309 e. The van der Waals surface area contributed by atoms with Crippen LogP contribution >= 0.6 is 11.3 Å². The molecule has 1 aliphatic rings. The third kappa shape index (κ3) is 6.25. The molecule has 62 heavy (non-hydrogen) atoms. The van der Waals surface area contributed by atoms with E-state index in [0.717, 1.165) is 34.6 Å². The molecule has 3 aromatic heterocycles. The van der Waals surface area contributed by atoms with E-state index in [-0.39, 0.29) is 5.92 Å². The maximum atomic E-state index is 5.10. The summed E-state index contributed by atoms with van der Waals surface area (Å²) in [6, 6.07) is 67.7. The number of nitrogens with zero attached hydrogens (tertiary/aromatic N) is 4. The van der Waals surface area contributed by atoms with Crippen LogP contribution in [-0.2, 0) is 0 Å². The molecule has 0 radical (unpaired) electrons. The van der Waals surface area contributed by atoms with Crippen molar-refractivity contribution in [1.29, 1.82) is 0 Å². The summed E-state index contributed by atoms with van der Waals surface area (Å²) >= 11 is 1.89. The lowest BCUT2D eigenvalue weighted by atomic mass is 9.96. The molecule has 0 fully saturated rings. The SMILES string of the molecule is C1=CCC(c2nc(-c3ccccc3)nc(-c3ccc(-n4c5ccc(-c6ccccc6)cc5c5c6c(sc7ccc(-c8ccccc8)cc76)c(-c6ccccc6)cc54)cc3)n2)C=C1. The topological polar surface area (TPSA) is 43.6 Å². The highest BCUT2D eigenvalue weighted by atomic mass is 32.1. The van der Waals surface area contributed by atoms with Gasteiger partial charge in [0, 0.05) is 59.2 Å². The molecule has 1 aliphatic carbocycles. The molecule has 0 aliphatic heterocycles. The Morgan fingerprint density at radius 2 is 1.02 bits per heavy atom. The van der Waals surface area contributed by atoms with Crippen LogP contribution in [-0.4, -0.2) is 19.5 Å². The second-order valence-electron chi connectivity index (χ2n) is 15.9. The van der Waals surface area contributed by atoms with Crippen molar-refractivity contribution in [2.45, 2.75) is 12.3 Å².